The zero-order valence-corrected chi connectivity index (χ0v) is 16.0. The highest BCUT2D eigenvalue weighted by molar-refractivity contribution is 7.92. The van der Waals surface area contributed by atoms with Crippen LogP contribution in [0.5, 0.6) is 11.5 Å². The summed E-state index contributed by atoms with van der Waals surface area (Å²) in [5.41, 5.74) is 0.633. The van der Waals surface area contributed by atoms with Crippen LogP contribution in [-0.2, 0) is 19.6 Å². The van der Waals surface area contributed by atoms with E-state index in [0.717, 1.165) is 10.6 Å². The van der Waals surface area contributed by atoms with E-state index in [9.17, 15) is 18.0 Å². The van der Waals surface area contributed by atoms with Gasteiger partial charge in [-0.25, -0.2) is 13.2 Å². The fourth-order valence-electron chi connectivity index (χ4n) is 2.64. The molecule has 2 aromatic carbocycles. The van der Waals surface area contributed by atoms with Crippen LogP contribution in [0, 0.1) is 0 Å². The maximum Gasteiger partial charge on any atom is 0.339 e. The number of anilines is 2. The Hall–Kier alpha value is -3.27. The molecule has 1 N–H and O–H groups in total. The molecule has 10 heteroatoms. The number of ether oxygens (including phenoxy) is 3. The second-order valence-electron chi connectivity index (χ2n) is 5.89. The summed E-state index contributed by atoms with van der Waals surface area (Å²) in [6.45, 7) is -0.448. The molecule has 0 radical (unpaired) electrons. The van der Waals surface area contributed by atoms with Crippen molar-refractivity contribution in [2.24, 2.45) is 0 Å². The van der Waals surface area contributed by atoms with Gasteiger partial charge in [0.1, 0.15) is 6.54 Å². The first kappa shape index (κ1) is 19.5. The molecular formula is C18H18N2O7S. The zero-order chi connectivity index (χ0) is 20.3. The number of fused-ring (bicyclic) bond motifs is 1. The first-order valence-electron chi connectivity index (χ1n) is 8.14. The van der Waals surface area contributed by atoms with E-state index >= 15 is 0 Å². The molecule has 0 unspecified atom stereocenters. The Bertz CT molecular complexity index is 1020. The predicted octanol–water partition coefficient (Wildman–Crippen LogP) is 1.61. The van der Waals surface area contributed by atoms with E-state index < -0.39 is 28.4 Å². The van der Waals surface area contributed by atoms with Gasteiger partial charge in [-0.15, -0.1) is 0 Å². The van der Waals surface area contributed by atoms with Gasteiger partial charge >= 0.3 is 5.97 Å². The van der Waals surface area contributed by atoms with Crippen molar-refractivity contribution in [1.82, 2.24) is 0 Å². The third-order valence-electron chi connectivity index (χ3n) is 3.94. The van der Waals surface area contributed by atoms with Crippen molar-refractivity contribution in [3.63, 3.8) is 0 Å². The van der Waals surface area contributed by atoms with Gasteiger partial charge in [0.25, 0.3) is 0 Å². The van der Waals surface area contributed by atoms with Crippen LogP contribution in [0.3, 0.4) is 0 Å². The summed E-state index contributed by atoms with van der Waals surface area (Å²) in [6.07, 6.45) is 0.993. The molecule has 0 saturated heterocycles. The number of hydrogen-bond acceptors (Lipinski definition) is 7. The van der Waals surface area contributed by atoms with Crippen LogP contribution in [-0.4, -0.2) is 47.0 Å². The lowest BCUT2D eigenvalue weighted by molar-refractivity contribution is -0.114. The molecule has 3 rings (SSSR count). The fourth-order valence-corrected chi connectivity index (χ4v) is 3.49. The largest absolute Gasteiger partial charge is 0.465 e. The average Bonchev–Trinajstić information content (AvgIpc) is 3.12. The lowest BCUT2D eigenvalue weighted by Gasteiger charge is -2.22. The third-order valence-corrected chi connectivity index (χ3v) is 5.08. The molecule has 0 saturated carbocycles. The van der Waals surface area contributed by atoms with Crippen LogP contribution < -0.4 is 19.1 Å². The maximum atomic E-state index is 12.5. The van der Waals surface area contributed by atoms with Crippen molar-refractivity contribution in [3.05, 3.63) is 48.0 Å². The Morgan fingerprint density at radius 1 is 1.14 bits per heavy atom. The number of carbonyl (C=O) groups excluding carboxylic acids is 2. The van der Waals surface area contributed by atoms with Gasteiger partial charge in [-0.1, -0.05) is 12.1 Å². The Kier molecular flexibility index (Phi) is 5.41. The van der Waals surface area contributed by atoms with Gasteiger partial charge in [0, 0.05) is 6.07 Å². The lowest BCUT2D eigenvalue weighted by Crippen LogP contribution is -2.37. The van der Waals surface area contributed by atoms with Crippen molar-refractivity contribution in [2.45, 2.75) is 0 Å². The number of hydrogen-bond donors (Lipinski definition) is 1. The van der Waals surface area contributed by atoms with Crippen molar-refractivity contribution < 1.29 is 32.2 Å². The smallest absolute Gasteiger partial charge is 0.339 e. The molecule has 148 valence electrons. The Labute approximate surface area is 161 Å². The Balaban J connectivity index is 1.83. The summed E-state index contributed by atoms with van der Waals surface area (Å²) in [6, 6.07) is 10.8. The number of benzene rings is 2. The summed E-state index contributed by atoms with van der Waals surface area (Å²) < 4.78 is 40.6. The highest BCUT2D eigenvalue weighted by Crippen LogP contribution is 2.36. The normalized spacial score (nSPS) is 12.4. The number of rotatable bonds is 6. The molecule has 9 nitrogen and oxygen atoms in total. The highest BCUT2D eigenvalue weighted by Gasteiger charge is 2.24. The third kappa shape index (κ3) is 4.17. The number of esters is 1. The van der Waals surface area contributed by atoms with Gasteiger partial charge in [0.2, 0.25) is 22.7 Å². The molecule has 0 atom stereocenters. The minimum Gasteiger partial charge on any atom is -0.465 e. The van der Waals surface area contributed by atoms with E-state index in [-0.39, 0.29) is 23.7 Å². The number of para-hydroxylation sites is 1. The van der Waals surface area contributed by atoms with Gasteiger partial charge < -0.3 is 19.5 Å². The van der Waals surface area contributed by atoms with Crippen molar-refractivity contribution in [1.29, 1.82) is 0 Å². The van der Waals surface area contributed by atoms with Crippen molar-refractivity contribution in [3.8, 4) is 11.5 Å². The molecule has 0 aliphatic carbocycles. The average molecular weight is 406 g/mol. The minimum atomic E-state index is -3.77. The molecule has 28 heavy (non-hydrogen) atoms. The number of nitrogens with one attached hydrogen (secondary N) is 1. The van der Waals surface area contributed by atoms with Crippen molar-refractivity contribution in [2.75, 3.05) is 36.3 Å². The number of amides is 1. The van der Waals surface area contributed by atoms with Gasteiger partial charge in [-0.05, 0) is 24.3 Å². The van der Waals surface area contributed by atoms with E-state index in [1.54, 1.807) is 18.2 Å². The van der Waals surface area contributed by atoms with E-state index in [1.165, 1.54) is 31.4 Å². The highest BCUT2D eigenvalue weighted by atomic mass is 32.2. The summed E-state index contributed by atoms with van der Waals surface area (Å²) >= 11 is 0. The quantitative estimate of drug-likeness (QED) is 0.726. The van der Waals surface area contributed by atoms with Gasteiger partial charge in [0.05, 0.1) is 30.3 Å². The molecule has 0 fully saturated rings. The lowest BCUT2D eigenvalue weighted by atomic mass is 10.2. The molecule has 0 aromatic heterocycles. The first-order valence-corrected chi connectivity index (χ1v) is 9.99. The van der Waals surface area contributed by atoms with E-state index in [0.29, 0.717) is 11.5 Å². The van der Waals surface area contributed by atoms with Crippen LogP contribution in [0.1, 0.15) is 10.4 Å². The SMILES string of the molecule is COC(=O)c1ccccc1NC(=O)CN(c1ccc2c(c1)OCO2)S(C)(=O)=O. The summed E-state index contributed by atoms with van der Waals surface area (Å²) in [7, 11) is -2.54. The van der Waals surface area contributed by atoms with E-state index in [2.05, 4.69) is 10.1 Å². The molecule has 1 aliphatic rings. The summed E-state index contributed by atoms with van der Waals surface area (Å²) in [5.74, 6) is -0.359. The Morgan fingerprint density at radius 3 is 2.57 bits per heavy atom. The number of methoxy groups -OCH3 is 1. The van der Waals surface area contributed by atoms with Gasteiger partial charge in [0.15, 0.2) is 11.5 Å². The van der Waals surface area contributed by atoms with Crippen LogP contribution >= 0.6 is 0 Å². The predicted molar refractivity (Wildman–Crippen MR) is 101 cm³/mol. The monoisotopic (exact) mass is 406 g/mol. The minimum absolute atomic E-state index is 0.0441. The second kappa shape index (κ2) is 7.77. The van der Waals surface area contributed by atoms with Crippen LogP contribution in [0.25, 0.3) is 0 Å². The van der Waals surface area contributed by atoms with E-state index in [4.69, 9.17) is 9.47 Å². The first-order chi connectivity index (χ1) is 13.3. The number of sulfonamides is 1. The molecule has 0 spiro atoms. The van der Waals surface area contributed by atoms with Gasteiger partial charge in [-0.3, -0.25) is 9.10 Å². The standard InChI is InChI=1S/C18H18N2O7S/c1-25-18(22)13-5-3-4-6-14(13)19-17(21)10-20(28(2,23)24)12-7-8-15-16(9-12)27-11-26-15/h3-9H,10-11H2,1-2H3,(H,19,21). The fraction of sp³-hybridized carbons (Fsp3) is 0.222. The Morgan fingerprint density at radius 2 is 1.86 bits per heavy atom. The second-order valence-corrected chi connectivity index (χ2v) is 7.80. The number of carbonyl (C=O) groups is 2. The maximum absolute atomic E-state index is 12.5. The molecule has 2 aromatic rings. The van der Waals surface area contributed by atoms with Crippen LogP contribution in [0.4, 0.5) is 11.4 Å². The van der Waals surface area contributed by atoms with Crippen LogP contribution in [0.2, 0.25) is 0 Å². The topological polar surface area (TPSA) is 111 Å². The molecule has 1 amide bonds. The van der Waals surface area contributed by atoms with E-state index in [1.807, 2.05) is 0 Å². The summed E-state index contributed by atoms with van der Waals surface area (Å²) in [5, 5.41) is 2.55. The molecule has 0 bridgehead atoms. The van der Waals surface area contributed by atoms with Crippen LogP contribution in [0.15, 0.2) is 42.5 Å². The number of nitrogens with zero attached hydrogens (tertiary/aromatic N) is 1. The van der Waals surface area contributed by atoms with Crippen molar-refractivity contribution >= 4 is 33.3 Å². The zero-order valence-electron chi connectivity index (χ0n) is 15.2. The molecular weight excluding hydrogens is 388 g/mol. The van der Waals surface area contributed by atoms with Gasteiger partial charge in [-0.2, -0.15) is 0 Å². The summed E-state index contributed by atoms with van der Waals surface area (Å²) in [4.78, 5) is 24.3. The molecule has 1 aliphatic heterocycles. The molecule has 1 heterocycles.